The molecule has 0 spiro atoms. The number of ether oxygens (including phenoxy) is 1. The number of carbonyl (C=O) groups excluding carboxylic acids is 1. The first-order valence-corrected chi connectivity index (χ1v) is 12.9. The third-order valence-corrected chi connectivity index (χ3v) is 13.3. The van der Waals surface area contributed by atoms with E-state index in [1.54, 1.807) is 0 Å². The lowest BCUT2D eigenvalue weighted by molar-refractivity contribution is 0.0267. The molecule has 1 aromatic carbocycles. The molecule has 3 atom stereocenters. The van der Waals surface area contributed by atoms with Crippen molar-refractivity contribution in [2.24, 2.45) is 5.92 Å². The molecule has 1 amide bonds. The Hall–Kier alpha value is -1.33. The van der Waals surface area contributed by atoms with Crippen LogP contribution in [-0.2, 0) is 9.16 Å². The van der Waals surface area contributed by atoms with Gasteiger partial charge in [-0.05, 0) is 36.4 Å². The topological polar surface area (TPSA) is 38.8 Å². The van der Waals surface area contributed by atoms with Crippen LogP contribution >= 0.6 is 0 Å². The number of rotatable bonds is 1. The van der Waals surface area contributed by atoms with Gasteiger partial charge in [-0.1, -0.05) is 71.9 Å². The van der Waals surface area contributed by atoms with Crippen LogP contribution in [0.2, 0.25) is 10.1 Å². The van der Waals surface area contributed by atoms with Gasteiger partial charge in [0.15, 0.2) is 0 Å². The maximum absolute atomic E-state index is 12.7. The van der Waals surface area contributed by atoms with E-state index < -0.39 is 13.9 Å². The third kappa shape index (κ3) is 3.88. The smallest absolute Gasteiger partial charge is 0.410 e. The Balaban J connectivity index is 2.02. The van der Waals surface area contributed by atoms with Crippen LogP contribution in [0.1, 0.15) is 73.4 Å². The lowest BCUT2D eigenvalue weighted by Crippen LogP contribution is -2.58. The molecule has 3 rings (SSSR count). The van der Waals surface area contributed by atoms with E-state index in [1.165, 1.54) is 5.56 Å². The Morgan fingerprint density at radius 3 is 2.00 bits per heavy atom. The van der Waals surface area contributed by atoms with Gasteiger partial charge in [0.1, 0.15) is 5.60 Å². The first-order valence-electron chi connectivity index (χ1n) is 10.9. The summed E-state index contributed by atoms with van der Waals surface area (Å²) < 4.78 is 12.8. The number of nitrogens with zero attached hydrogens (tertiary/aromatic N) is 1. The van der Waals surface area contributed by atoms with Crippen LogP contribution in [0, 0.1) is 5.92 Å². The number of fused-ring (bicyclic) bond motifs is 1. The van der Waals surface area contributed by atoms with E-state index in [0.29, 0.717) is 24.5 Å². The van der Waals surface area contributed by atoms with Gasteiger partial charge in [0.05, 0.1) is 6.10 Å². The summed E-state index contributed by atoms with van der Waals surface area (Å²) in [5.41, 5.74) is 1.23. The standard InChI is InChI=1S/C24H39NO3Si/c1-22(2,3)27-21(26)25-15-18-19(16-25)28-29(23(4,5)6,24(7,8)9)20(18)17-13-11-10-12-14-17/h10-14,18-20H,15-16H2,1-9H3/t18-,19+,20-/m0/s1. The molecule has 5 heteroatoms. The molecule has 2 saturated heterocycles. The second-order valence-corrected chi connectivity index (χ2v) is 17.2. The molecule has 162 valence electrons. The van der Waals surface area contributed by atoms with Crippen molar-refractivity contribution in [2.75, 3.05) is 13.1 Å². The van der Waals surface area contributed by atoms with E-state index in [1.807, 2.05) is 25.7 Å². The number of amides is 1. The molecule has 2 aliphatic rings. The molecule has 4 nitrogen and oxygen atoms in total. The number of likely N-dealkylation sites (tertiary alicyclic amines) is 1. The SMILES string of the molecule is CC(C)(C)OC(=O)N1C[C@H]2[C@@H](C1)O[Si](C(C)(C)C)(C(C)(C)C)[C@H]2c1ccccc1. The summed E-state index contributed by atoms with van der Waals surface area (Å²) in [7, 11) is -2.29. The first-order chi connectivity index (χ1) is 13.2. The van der Waals surface area contributed by atoms with Gasteiger partial charge >= 0.3 is 6.09 Å². The lowest BCUT2D eigenvalue weighted by atomic mass is 9.96. The van der Waals surface area contributed by atoms with E-state index in [4.69, 9.17) is 9.16 Å². The van der Waals surface area contributed by atoms with Gasteiger partial charge in [-0.3, -0.25) is 0 Å². The number of benzene rings is 1. The number of hydrogen-bond donors (Lipinski definition) is 0. The molecule has 2 heterocycles. The van der Waals surface area contributed by atoms with Crippen molar-refractivity contribution in [1.29, 1.82) is 0 Å². The first kappa shape index (κ1) is 22.4. The average molecular weight is 418 g/mol. The van der Waals surface area contributed by atoms with Gasteiger partial charge in [0, 0.05) is 24.5 Å². The zero-order valence-electron chi connectivity index (χ0n) is 19.7. The highest BCUT2D eigenvalue weighted by molar-refractivity contribution is 6.81. The van der Waals surface area contributed by atoms with Crippen LogP contribution in [0.15, 0.2) is 30.3 Å². The molecule has 0 saturated carbocycles. The van der Waals surface area contributed by atoms with Crippen LogP contribution in [0.3, 0.4) is 0 Å². The molecule has 0 radical (unpaired) electrons. The Kier molecular flexibility index (Phi) is 5.49. The molecular weight excluding hydrogens is 378 g/mol. The van der Waals surface area contributed by atoms with Gasteiger partial charge in [-0.15, -0.1) is 0 Å². The van der Waals surface area contributed by atoms with E-state index in [9.17, 15) is 4.79 Å². The van der Waals surface area contributed by atoms with Gasteiger partial charge < -0.3 is 14.1 Å². The van der Waals surface area contributed by atoms with Gasteiger partial charge in [-0.25, -0.2) is 4.79 Å². The maximum Gasteiger partial charge on any atom is 0.410 e. The Morgan fingerprint density at radius 1 is 0.966 bits per heavy atom. The van der Waals surface area contributed by atoms with Crippen LogP contribution in [0.5, 0.6) is 0 Å². The summed E-state index contributed by atoms with van der Waals surface area (Å²) in [5.74, 6) is 0.315. The molecule has 0 unspecified atom stereocenters. The molecule has 0 bridgehead atoms. The van der Waals surface area contributed by atoms with Crippen LogP contribution in [0.25, 0.3) is 0 Å². The molecule has 0 aromatic heterocycles. The summed E-state index contributed by atoms with van der Waals surface area (Å²) in [6.07, 6.45) is -0.140. The van der Waals surface area contributed by atoms with Crippen molar-refractivity contribution in [3.63, 3.8) is 0 Å². The fourth-order valence-corrected chi connectivity index (χ4v) is 13.2. The number of hydrogen-bond acceptors (Lipinski definition) is 3. The van der Waals surface area contributed by atoms with Crippen molar-refractivity contribution in [2.45, 2.75) is 89.6 Å². The molecule has 0 N–H and O–H groups in total. The largest absolute Gasteiger partial charge is 0.444 e. The minimum Gasteiger partial charge on any atom is -0.444 e. The summed E-state index contributed by atoms with van der Waals surface area (Å²) in [4.78, 5) is 14.6. The highest BCUT2D eigenvalue weighted by Crippen LogP contribution is 2.65. The van der Waals surface area contributed by atoms with Crippen molar-refractivity contribution in [1.82, 2.24) is 4.90 Å². The second kappa shape index (κ2) is 7.12. The summed E-state index contributed by atoms with van der Waals surface area (Å²) in [6.45, 7) is 21.2. The Morgan fingerprint density at radius 2 is 1.52 bits per heavy atom. The zero-order valence-corrected chi connectivity index (χ0v) is 20.7. The van der Waals surface area contributed by atoms with Crippen molar-refractivity contribution in [3.05, 3.63) is 35.9 Å². The highest BCUT2D eigenvalue weighted by atomic mass is 28.4. The fourth-order valence-electron chi connectivity index (χ4n) is 5.89. The van der Waals surface area contributed by atoms with Crippen molar-refractivity contribution in [3.8, 4) is 0 Å². The summed E-state index contributed by atoms with van der Waals surface area (Å²) in [5, 5.41) is 0.152. The van der Waals surface area contributed by atoms with E-state index in [2.05, 4.69) is 71.9 Å². The summed E-state index contributed by atoms with van der Waals surface area (Å²) >= 11 is 0. The molecule has 0 aliphatic carbocycles. The molecular formula is C24H39NO3Si. The predicted molar refractivity (Wildman–Crippen MR) is 121 cm³/mol. The van der Waals surface area contributed by atoms with E-state index in [-0.39, 0.29) is 22.3 Å². The fraction of sp³-hybridized carbons (Fsp3) is 0.708. The predicted octanol–water partition coefficient (Wildman–Crippen LogP) is 6.12. The average Bonchev–Trinajstić information content (AvgIpc) is 3.08. The molecule has 2 fully saturated rings. The minimum atomic E-state index is -2.29. The molecule has 2 aliphatic heterocycles. The van der Waals surface area contributed by atoms with Crippen LogP contribution in [-0.4, -0.2) is 44.1 Å². The highest BCUT2D eigenvalue weighted by Gasteiger charge is 2.69. The van der Waals surface area contributed by atoms with Gasteiger partial charge in [-0.2, -0.15) is 0 Å². The minimum absolute atomic E-state index is 0.0762. The van der Waals surface area contributed by atoms with Crippen LogP contribution in [0.4, 0.5) is 4.79 Å². The third-order valence-electron chi connectivity index (χ3n) is 6.55. The Labute approximate surface area is 178 Å². The number of carbonyl (C=O) groups is 1. The quantitative estimate of drug-likeness (QED) is 0.517. The van der Waals surface area contributed by atoms with E-state index in [0.717, 1.165) is 0 Å². The van der Waals surface area contributed by atoms with Gasteiger partial charge in [0.2, 0.25) is 8.32 Å². The maximum atomic E-state index is 12.7. The summed E-state index contributed by atoms with van der Waals surface area (Å²) in [6, 6.07) is 10.9. The van der Waals surface area contributed by atoms with Crippen molar-refractivity contribution < 1.29 is 14.0 Å². The normalized spacial score (nSPS) is 27.1. The van der Waals surface area contributed by atoms with Crippen molar-refractivity contribution >= 4 is 14.4 Å². The monoisotopic (exact) mass is 417 g/mol. The van der Waals surface area contributed by atoms with Crippen LogP contribution < -0.4 is 0 Å². The van der Waals surface area contributed by atoms with Gasteiger partial charge in [0.25, 0.3) is 0 Å². The lowest BCUT2D eigenvalue weighted by Gasteiger charge is -2.52. The zero-order chi connectivity index (χ0) is 21.8. The Bertz CT molecular complexity index is 728. The van der Waals surface area contributed by atoms with E-state index >= 15 is 0 Å². The second-order valence-electron chi connectivity index (χ2n) is 11.8. The molecule has 29 heavy (non-hydrogen) atoms. The molecule has 1 aromatic rings.